The van der Waals surface area contributed by atoms with Gasteiger partial charge in [-0.3, -0.25) is 14.9 Å². The summed E-state index contributed by atoms with van der Waals surface area (Å²) in [5.74, 6) is -0.271. The number of aromatic amines is 1. The van der Waals surface area contributed by atoms with Crippen molar-refractivity contribution >= 4 is 40.6 Å². The number of hydrogen-bond acceptors (Lipinski definition) is 5. The fraction of sp³-hybridized carbons (Fsp3) is 0.158. The lowest BCUT2D eigenvalue weighted by atomic mass is 10.2. The Balaban J connectivity index is 1.65. The number of nitrogens with one attached hydrogen (secondary N) is 2. The third kappa shape index (κ3) is 4.71. The average molecular weight is 417 g/mol. The van der Waals surface area contributed by atoms with Gasteiger partial charge in [-0.2, -0.15) is 0 Å². The van der Waals surface area contributed by atoms with Crippen LogP contribution in [-0.2, 0) is 4.79 Å². The standard InChI is InChI=1S/C19H17ClN4O3S/c1-11-3-8-15(9-17(11)24(26)27)22-18(25)12(2)28-19-21-10-16(23-19)13-4-6-14(20)7-5-13/h3-10,12H,1-2H3,(H,21,23)(H,22,25)/t12-/m1/s1. The van der Waals surface area contributed by atoms with Gasteiger partial charge in [-0.25, -0.2) is 4.98 Å². The summed E-state index contributed by atoms with van der Waals surface area (Å²) in [6.45, 7) is 3.39. The van der Waals surface area contributed by atoms with Crippen LogP contribution in [-0.4, -0.2) is 26.0 Å². The molecule has 1 aromatic heterocycles. The van der Waals surface area contributed by atoms with Crippen molar-refractivity contribution in [3.63, 3.8) is 0 Å². The molecule has 28 heavy (non-hydrogen) atoms. The minimum atomic E-state index is -0.468. The zero-order chi connectivity index (χ0) is 20.3. The summed E-state index contributed by atoms with van der Waals surface area (Å²) in [5.41, 5.74) is 2.65. The van der Waals surface area contributed by atoms with Crippen LogP contribution in [0.1, 0.15) is 12.5 Å². The van der Waals surface area contributed by atoms with Crippen molar-refractivity contribution in [1.82, 2.24) is 9.97 Å². The van der Waals surface area contributed by atoms with E-state index in [0.717, 1.165) is 11.3 Å². The summed E-state index contributed by atoms with van der Waals surface area (Å²) in [6.07, 6.45) is 1.69. The van der Waals surface area contributed by atoms with E-state index < -0.39 is 10.2 Å². The van der Waals surface area contributed by atoms with E-state index in [1.54, 1.807) is 44.3 Å². The molecule has 0 aliphatic carbocycles. The number of benzene rings is 2. The van der Waals surface area contributed by atoms with Gasteiger partial charge in [0, 0.05) is 22.3 Å². The molecule has 7 nitrogen and oxygen atoms in total. The fourth-order valence-corrected chi connectivity index (χ4v) is 3.40. The smallest absolute Gasteiger partial charge is 0.274 e. The molecule has 0 aliphatic heterocycles. The summed E-state index contributed by atoms with van der Waals surface area (Å²) in [6, 6.07) is 12.0. The number of H-pyrrole nitrogens is 1. The molecule has 0 aliphatic rings. The highest BCUT2D eigenvalue weighted by Gasteiger charge is 2.18. The van der Waals surface area contributed by atoms with Crippen LogP contribution in [0, 0.1) is 17.0 Å². The first-order valence-corrected chi connectivity index (χ1v) is 9.63. The molecule has 0 saturated carbocycles. The molecule has 0 unspecified atom stereocenters. The van der Waals surface area contributed by atoms with E-state index in [0.29, 0.717) is 21.4 Å². The van der Waals surface area contributed by atoms with Gasteiger partial charge < -0.3 is 10.3 Å². The predicted octanol–water partition coefficient (Wildman–Crippen LogP) is 5.07. The van der Waals surface area contributed by atoms with Crippen LogP contribution in [0.2, 0.25) is 5.02 Å². The maximum absolute atomic E-state index is 12.4. The number of halogens is 1. The third-order valence-corrected chi connectivity index (χ3v) is 5.29. The van der Waals surface area contributed by atoms with Gasteiger partial charge in [-0.05, 0) is 37.6 Å². The zero-order valence-corrected chi connectivity index (χ0v) is 16.7. The van der Waals surface area contributed by atoms with Crippen LogP contribution in [0.4, 0.5) is 11.4 Å². The molecule has 2 aromatic carbocycles. The van der Waals surface area contributed by atoms with Crippen LogP contribution in [0.3, 0.4) is 0 Å². The molecular weight excluding hydrogens is 400 g/mol. The van der Waals surface area contributed by atoms with E-state index in [4.69, 9.17) is 11.6 Å². The Morgan fingerprint density at radius 3 is 2.68 bits per heavy atom. The zero-order valence-electron chi connectivity index (χ0n) is 15.1. The molecule has 1 amide bonds. The Hall–Kier alpha value is -2.84. The molecule has 0 bridgehead atoms. The first-order chi connectivity index (χ1) is 13.3. The van der Waals surface area contributed by atoms with Gasteiger partial charge in [0.2, 0.25) is 5.91 Å². The second-order valence-electron chi connectivity index (χ2n) is 6.12. The van der Waals surface area contributed by atoms with Crippen molar-refractivity contribution in [2.45, 2.75) is 24.3 Å². The first kappa shape index (κ1) is 19.9. The van der Waals surface area contributed by atoms with Gasteiger partial charge in [0.25, 0.3) is 5.69 Å². The molecule has 2 N–H and O–H groups in total. The summed E-state index contributed by atoms with van der Waals surface area (Å²) >= 11 is 7.16. The number of imidazole rings is 1. The summed E-state index contributed by atoms with van der Waals surface area (Å²) in [5, 5.41) is 14.5. The molecule has 144 valence electrons. The van der Waals surface area contributed by atoms with Gasteiger partial charge in [0.1, 0.15) is 0 Å². The molecule has 9 heteroatoms. The lowest BCUT2D eigenvalue weighted by Crippen LogP contribution is -2.22. The number of thioether (sulfide) groups is 1. The molecule has 3 rings (SSSR count). The van der Waals surface area contributed by atoms with Crippen molar-refractivity contribution in [3.05, 3.63) is 69.4 Å². The second kappa shape index (κ2) is 8.45. The largest absolute Gasteiger partial charge is 0.333 e. The van der Waals surface area contributed by atoms with Crippen molar-refractivity contribution in [1.29, 1.82) is 0 Å². The van der Waals surface area contributed by atoms with Crippen LogP contribution in [0.15, 0.2) is 53.8 Å². The Labute approximate surface area is 170 Å². The van der Waals surface area contributed by atoms with Gasteiger partial charge in [0.15, 0.2) is 5.16 Å². The third-order valence-electron chi connectivity index (χ3n) is 4.04. The second-order valence-corrected chi connectivity index (χ2v) is 7.88. The summed E-state index contributed by atoms with van der Waals surface area (Å²) in [4.78, 5) is 30.5. The van der Waals surface area contributed by atoms with Gasteiger partial charge in [-0.1, -0.05) is 41.6 Å². The number of nitro groups is 1. The molecule has 3 aromatic rings. The monoisotopic (exact) mass is 416 g/mol. The minimum Gasteiger partial charge on any atom is -0.333 e. The van der Waals surface area contributed by atoms with E-state index in [9.17, 15) is 14.9 Å². The first-order valence-electron chi connectivity index (χ1n) is 8.37. The predicted molar refractivity (Wildman–Crippen MR) is 111 cm³/mol. The van der Waals surface area contributed by atoms with Crippen molar-refractivity contribution in [2.24, 2.45) is 0 Å². The normalized spacial score (nSPS) is 11.8. The molecule has 0 radical (unpaired) electrons. The molecule has 0 spiro atoms. The number of rotatable bonds is 6. The van der Waals surface area contributed by atoms with E-state index in [2.05, 4.69) is 15.3 Å². The van der Waals surface area contributed by atoms with Crippen molar-refractivity contribution in [2.75, 3.05) is 5.32 Å². The van der Waals surface area contributed by atoms with E-state index in [1.165, 1.54) is 17.8 Å². The molecule has 0 saturated heterocycles. The lowest BCUT2D eigenvalue weighted by Gasteiger charge is -2.11. The molecular formula is C19H17ClN4O3S. The van der Waals surface area contributed by atoms with Gasteiger partial charge in [-0.15, -0.1) is 0 Å². The topological polar surface area (TPSA) is 101 Å². The maximum atomic E-state index is 12.4. The molecule has 1 atom stereocenters. The quantitative estimate of drug-likeness (QED) is 0.332. The maximum Gasteiger partial charge on any atom is 0.274 e. The number of aromatic nitrogens is 2. The fourth-order valence-electron chi connectivity index (χ4n) is 2.49. The van der Waals surface area contributed by atoms with Gasteiger partial charge >= 0.3 is 0 Å². The van der Waals surface area contributed by atoms with Crippen LogP contribution in [0.25, 0.3) is 11.3 Å². The number of carbonyl (C=O) groups excluding carboxylic acids is 1. The Morgan fingerprint density at radius 1 is 1.29 bits per heavy atom. The highest BCUT2D eigenvalue weighted by molar-refractivity contribution is 8.00. The van der Waals surface area contributed by atoms with Crippen LogP contribution >= 0.6 is 23.4 Å². The number of carbonyl (C=O) groups is 1. The summed E-state index contributed by atoms with van der Waals surface area (Å²) < 4.78 is 0. The van der Waals surface area contributed by atoms with E-state index >= 15 is 0 Å². The number of aryl methyl sites for hydroxylation is 1. The highest BCUT2D eigenvalue weighted by Crippen LogP contribution is 2.27. The number of nitrogens with zero attached hydrogens (tertiary/aromatic N) is 2. The average Bonchev–Trinajstić information content (AvgIpc) is 3.12. The number of amides is 1. The molecule has 1 heterocycles. The highest BCUT2D eigenvalue weighted by atomic mass is 35.5. The van der Waals surface area contributed by atoms with Crippen LogP contribution in [0.5, 0.6) is 0 Å². The lowest BCUT2D eigenvalue weighted by molar-refractivity contribution is -0.385. The van der Waals surface area contributed by atoms with E-state index in [-0.39, 0.29) is 11.6 Å². The SMILES string of the molecule is Cc1ccc(NC(=O)[C@@H](C)Sc2ncc(-c3ccc(Cl)cc3)[nH]2)cc1[N+](=O)[O-]. The number of hydrogen-bond donors (Lipinski definition) is 2. The Bertz CT molecular complexity index is 1020. The summed E-state index contributed by atoms with van der Waals surface area (Å²) in [7, 11) is 0. The number of anilines is 1. The Morgan fingerprint density at radius 2 is 2.00 bits per heavy atom. The van der Waals surface area contributed by atoms with Crippen LogP contribution < -0.4 is 5.32 Å². The number of nitro benzene ring substituents is 1. The van der Waals surface area contributed by atoms with Gasteiger partial charge in [0.05, 0.1) is 22.1 Å². The minimum absolute atomic E-state index is 0.0308. The van der Waals surface area contributed by atoms with Crippen molar-refractivity contribution < 1.29 is 9.72 Å². The Kier molecular flexibility index (Phi) is 6.01. The van der Waals surface area contributed by atoms with E-state index in [1.807, 2.05) is 12.1 Å². The molecule has 0 fully saturated rings. The van der Waals surface area contributed by atoms with Crippen molar-refractivity contribution in [3.8, 4) is 11.3 Å².